The van der Waals surface area contributed by atoms with Crippen molar-refractivity contribution in [3.05, 3.63) is 67.0 Å². The van der Waals surface area contributed by atoms with Crippen LogP contribution < -0.4 is 21.7 Å². The van der Waals surface area contributed by atoms with Crippen molar-refractivity contribution in [2.45, 2.75) is 6.04 Å². The van der Waals surface area contributed by atoms with Crippen molar-refractivity contribution in [2.24, 2.45) is 0 Å². The van der Waals surface area contributed by atoms with E-state index < -0.39 is 0 Å². The van der Waals surface area contributed by atoms with Gasteiger partial charge in [-0.25, -0.2) is 14.4 Å². The number of nitrogens with two attached hydrogens (primary N) is 1. The van der Waals surface area contributed by atoms with E-state index in [1.54, 1.807) is 24.5 Å². The minimum atomic E-state index is -0.329. The number of amides is 1. The van der Waals surface area contributed by atoms with Gasteiger partial charge in [0.25, 0.3) is 0 Å². The lowest BCUT2D eigenvalue weighted by molar-refractivity contribution is -0.111. The Labute approximate surface area is 237 Å². The number of rotatable bonds is 11. The van der Waals surface area contributed by atoms with E-state index in [-0.39, 0.29) is 18.6 Å². The maximum Gasteiger partial charge on any atom is 0.248 e. The fourth-order valence-electron chi connectivity index (χ4n) is 4.50. The van der Waals surface area contributed by atoms with E-state index in [1.807, 2.05) is 55.4 Å². The standard InChI is InChI=1S/C29H33FN10O/c1-39(2)13-4-7-25(41)35-20-6-3-5-19(15-20)26-27-23(10-12-32-26)28(31)38-29(37-27)36-21-8-9-24(33-16-21)34-22-17-40(18-22)14-11-30/h3-10,12,15-16,22H,11,13-14,17-18H2,1-2H3,(H,33,34)(H,35,41)(H3,31,36,37,38)/b7-4+. The minimum Gasteiger partial charge on any atom is -0.383 e. The van der Waals surface area contributed by atoms with Crippen LogP contribution in [0.15, 0.2) is 67.0 Å². The number of likely N-dealkylation sites (N-methyl/N-ethyl adjacent to an activating group) is 1. The van der Waals surface area contributed by atoms with Crippen molar-refractivity contribution in [3.63, 3.8) is 0 Å². The molecule has 0 bridgehead atoms. The van der Waals surface area contributed by atoms with Crippen molar-refractivity contribution in [3.8, 4) is 11.3 Å². The molecule has 12 heteroatoms. The average Bonchev–Trinajstić information content (AvgIpc) is 2.92. The predicted molar refractivity (Wildman–Crippen MR) is 161 cm³/mol. The number of nitrogens with one attached hydrogen (secondary N) is 3. The summed E-state index contributed by atoms with van der Waals surface area (Å²) in [5.74, 6) is 1.15. The molecule has 4 heterocycles. The largest absolute Gasteiger partial charge is 0.383 e. The first-order valence-corrected chi connectivity index (χ1v) is 13.3. The number of anilines is 5. The Morgan fingerprint density at radius 2 is 2.00 bits per heavy atom. The van der Waals surface area contributed by atoms with Crippen LogP contribution in [0.1, 0.15) is 0 Å². The molecule has 5 N–H and O–H groups in total. The van der Waals surface area contributed by atoms with E-state index in [2.05, 4.69) is 35.8 Å². The lowest BCUT2D eigenvalue weighted by Gasteiger charge is -2.39. The third kappa shape index (κ3) is 7.10. The Morgan fingerprint density at radius 3 is 2.76 bits per heavy atom. The van der Waals surface area contributed by atoms with Gasteiger partial charge in [-0.1, -0.05) is 18.2 Å². The van der Waals surface area contributed by atoms with Crippen LogP contribution >= 0.6 is 0 Å². The summed E-state index contributed by atoms with van der Waals surface area (Å²) in [4.78, 5) is 34.6. The smallest absolute Gasteiger partial charge is 0.248 e. The van der Waals surface area contributed by atoms with Crippen LogP contribution in [0.4, 0.5) is 33.3 Å². The highest BCUT2D eigenvalue weighted by molar-refractivity contribution is 6.01. The highest BCUT2D eigenvalue weighted by atomic mass is 19.1. The van der Waals surface area contributed by atoms with Crippen molar-refractivity contribution in [1.29, 1.82) is 0 Å². The summed E-state index contributed by atoms with van der Waals surface area (Å²) in [6.07, 6.45) is 6.67. The zero-order chi connectivity index (χ0) is 28.8. The maximum atomic E-state index is 12.5. The van der Waals surface area contributed by atoms with E-state index in [9.17, 15) is 9.18 Å². The summed E-state index contributed by atoms with van der Waals surface area (Å²) in [6, 6.07) is 13.2. The van der Waals surface area contributed by atoms with Crippen molar-refractivity contribution in [1.82, 2.24) is 29.7 Å². The molecule has 11 nitrogen and oxygen atoms in total. The predicted octanol–water partition coefficient (Wildman–Crippen LogP) is 3.53. The Bertz CT molecular complexity index is 1540. The number of carbonyl (C=O) groups excluding carboxylic acids is 1. The number of hydrogen-bond donors (Lipinski definition) is 4. The number of aromatic nitrogens is 4. The van der Waals surface area contributed by atoms with Crippen molar-refractivity contribution < 1.29 is 9.18 Å². The van der Waals surface area contributed by atoms with Crippen LogP contribution in [0.25, 0.3) is 22.2 Å². The van der Waals surface area contributed by atoms with Gasteiger partial charge in [0.15, 0.2) is 0 Å². The molecule has 3 aromatic heterocycles. The van der Waals surface area contributed by atoms with Gasteiger partial charge in [-0.05, 0) is 44.4 Å². The second-order valence-electron chi connectivity index (χ2n) is 10.1. The van der Waals surface area contributed by atoms with Gasteiger partial charge in [-0.15, -0.1) is 0 Å². The van der Waals surface area contributed by atoms with Crippen LogP contribution in [0, 0.1) is 0 Å². The lowest BCUT2D eigenvalue weighted by Crippen LogP contribution is -2.55. The maximum absolute atomic E-state index is 12.5. The molecular formula is C29H33FN10O. The topological polar surface area (TPSA) is 137 Å². The fraction of sp³-hybridized carbons (Fsp3) is 0.276. The van der Waals surface area contributed by atoms with Crippen LogP contribution in [0.3, 0.4) is 0 Å². The number of nitrogens with zero attached hydrogens (tertiary/aromatic N) is 6. The number of benzene rings is 1. The quantitative estimate of drug-likeness (QED) is 0.203. The van der Waals surface area contributed by atoms with Gasteiger partial charge in [0, 0.05) is 55.1 Å². The van der Waals surface area contributed by atoms with E-state index >= 15 is 0 Å². The average molecular weight is 557 g/mol. The lowest BCUT2D eigenvalue weighted by atomic mass is 10.1. The molecular weight excluding hydrogens is 523 g/mol. The fourth-order valence-corrected chi connectivity index (χ4v) is 4.50. The number of pyridine rings is 2. The molecule has 0 spiro atoms. The number of likely N-dealkylation sites (tertiary alicyclic amines) is 1. The van der Waals surface area contributed by atoms with E-state index in [0.717, 1.165) is 24.5 Å². The van der Waals surface area contributed by atoms with Gasteiger partial charge in [-0.2, -0.15) is 4.98 Å². The highest BCUT2D eigenvalue weighted by Crippen LogP contribution is 2.30. The van der Waals surface area contributed by atoms with Gasteiger partial charge < -0.3 is 26.6 Å². The Morgan fingerprint density at radius 1 is 1.15 bits per heavy atom. The summed E-state index contributed by atoms with van der Waals surface area (Å²) < 4.78 is 12.5. The second kappa shape index (κ2) is 12.7. The number of nitrogen functional groups attached to an aromatic ring is 1. The molecule has 1 aliphatic rings. The van der Waals surface area contributed by atoms with E-state index in [0.29, 0.717) is 52.8 Å². The molecule has 1 saturated heterocycles. The molecule has 5 rings (SSSR count). The van der Waals surface area contributed by atoms with E-state index in [1.165, 1.54) is 6.08 Å². The molecule has 212 valence electrons. The first-order chi connectivity index (χ1) is 19.9. The highest BCUT2D eigenvalue weighted by Gasteiger charge is 2.26. The number of hydrogen-bond acceptors (Lipinski definition) is 10. The first kappa shape index (κ1) is 27.9. The van der Waals surface area contributed by atoms with Crippen LogP contribution in [0.5, 0.6) is 0 Å². The third-order valence-electron chi connectivity index (χ3n) is 6.52. The minimum absolute atomic E-state index is 0.214. The number of fused-ring (bicyclic) bond motifs is 1. The van der Waals surface area contributed by atoms with Crippen molar-refractivity contribution in [2.75, 3.05) is 68.6 Å². The Hall–Kier alpha value is -4.68. The number of carbonyl (C=O) groups is 1. The molecule has 41 heavy (non-hydrogen) atoms. The molecule has 0 unspecified atom stereocenters. The molecule has 0 radical (unpaired) electrons. The molecule has 1 amide bonds. The van der Waals surface area contributed by atoms with Gasteiger partial charge in [0.1, 0.15) is 23.8 Å². The van der Waals surface area contributed by atoms with Gasteiger partial charge >= 0.3 is 0 Å². The summed E-state index contributed by atoms with van der Waals surface area (Å²) in [7, 11) is 3.87. The normalized spacial score (nSPS) is 14.0. The molecule has 0 atom stereocenters. The summed E-state index contributed by atoms with van der Waals surface area (Å²) >= 11 is 0. The second-order valence-corrected chi connectivity index (χ2v) is 10.1. The Balaban J connectivity index is 1.32. The molecule has 1 aromatic carbocycles. The zero-order valence-electron chi connectivity index (χ0n) is 23.0. The van der Waals surface area contributed by atoms with Crippen molar-refractivity contribution >= 4 is 45.8 Å². The number of alkyl halides is 1. The van der Waals surface area contributed by atoms with E-state index in [4.69, 9.17) is 10.7 Å². The molecule has 0 aliphatic carbocycles. The molecule has 1 aliphatic heterocycles. The van der Waals surface area contributed by atoms with Gasteiger partial charge in [0.05, 0.1) is 23.6 Å². The van der Waals surface area contributed by atoms with Crippen LogP contribution in [-0.2, 0) is 4.79 Å². The van der Waals surface area contributed by atoms with Gasteiger partial charge in [0.2, 0.25) is 11.9 Å². The third-order valence-corrected chi connectivity index (χ3v) is 6.52. The monoisotopic (exact) mass is 556 g/mol. The number of halogens is 1. The molecule has 4 aromatic rings. The summed E-state index contributed by atoms with van der Waals surface area (Å²) in [5.41, 5.74) is 9.60. The summed E-state index contributed by atoms with van der Waals surface area (Å²) in [6.45, 7) is 2.41. The molecule has 0 saturated carbocycles. The first-order valence-electron chi connectivity index (χ1n) is 13.3. The Kier molecular flexibility index (Phi) is 8.61. The van der Waals surface area contributed by atoms with Crippen LogP contribution in [0.2, 0.25) is 0 Å². The summed E-state index contributed by atoms with van der Waals surface area (Å²) in [5, 5.41) is 10.1. The zero-order valence-corrected chi connectivity index (χ0v) is 23.0. The van der Waals surface area contributed by atoms with Crippen LogP contribution in [-0.4, -0.2) is 88.6 Å². The SMILES string of the molecule is CN(C)C/C=C/C(=O)Nc1cccc(-c2nccc3c(N)nc(Nc4ccc(NC5CN(CCF)C5)nc4)nc23)c1. The molecule has 1 fully saturated rings. The van der Waals surface area contributed by atoms with Gasteiger partial charge in [-0.3, -0.25) is 14.7 Å².